The minimum absolute atomic E-state index is 0.143. The number of urea groups is 1. The zero-order valence-electron chi connectivity index (χ0n) is 11.6. The summed E-state index contributed by atoms with van der Waals surface area (Å²) in [5.74, 6) is -1.77. The van der Waals surface area contributed by atoms with Crippen molar-refractivity contribution in [1.29, 1.82) is 0 Å². The van der Waals surface area contributed by atoms with Crippen molar-refractivity contribution in [3.05, 3.63) is 29.3 Å². The molecule has 1 aliphatic rings. The highest BCUT2D eigenvalue weighted by Gasteiger charge is 2.29. The van der Waals surface area contributed by atoms with Crippen LogP contribution in [0.5, 0.6) is 0 Å². The summed E-state index contributed by atoms with van der Waals surface area (Å²) in [4.78, 5) is 35.8. The monoisotopic (exact) mass is 291 g/mol. The molecule has 2 rings (SSSR count). The van der Waals surface area contributed by atoms with Gasteiger partial charge in [0.05, 0.1) is 11.5 Å². The van der Waals surface area contributed by atoms with Crippen LogP contribution in [-0.4, -0.2) is 41.0 Å². The highest BCUT2D eigenvalue weighted by atomic mass is 16.4. The maximum Gasteiger partial charge on any atom is 0.336 e. The van der Waals surface area contributed by atoms with Gasteiger partial charge in [0.2, 0.25) is 5.91 Å². The Balaban J connectivity index is 2.09. The number of aromatic carboxylic acids is 1. The third-order valence-corrected chi connectivity index (χ3v) is 3.68. The minimum atomic E-state index is -1.04. The molecule has 0 spiro atoms. The molecule has 112 valence electrons. The number of benzene rings is 1. The quantitative estimate of drug-likeness (QED) is 0.772. The molecule has 1 saturated heterocycles. The number of likely N-dealkylation sites (tertiary alicyclic amines) is 1. The van der Waals surface area contributed by atoms with E-state index in [1.165, 1.54) is 11.0 Å². The van der Waals surface area contributed by atoms with E-state index in [-0.39, 0.29) is 17.5 Å². The number of amides is 3. The number of anilines is 1. The fourth-order valence-corrected chi connectivity index (χ4v) is 2.37. The molecule has 1 heterocycles. The van der Waals surface area contributed by atoms with Gasteiger partial charge in [0.15, 0.2) is 0 Å². The van der Waals surface area contributed by atoms with Crippen LogP contribution in [0.4, 0.5) is 10.5 Å². The molecule has 21 heavy (non-hydrogen) atoms. The first-order chi connectivity index (χ1) is 9.90. The second kappa shape index (κ2) is 5.82. The van der Waals surface area contributed by atoms with Crippen molar-refractivity contribution in [3.8, 4) is 0 Å². The Kier molecular flexibility index (Phi) is 4.11. The number of rotatable bonds is 3. The van der Waals surface area contributed by atoms with Crippen molar-refractivity contribution in [2.24, 2.45) is 11.7 Å². The van der Waals surface area contributed by atoms with Gasteiger partial charge in [0.25, 0.3) is 0 Å². The Labute approximate surface area is 121 Å². The van der Waals surface area contributed by atoms with Crippen LogP contribution in [0.3, 0.4) is 0 Å². The summed E-state index contributed by atoms with van der Waals surface area (Å²) in [7, 11) is 0. The van der Waals surface area contributed by atoms with E-state index in [1.807, 2.05) is 0 Å². The number of carboxylic acid groups (broad SMARTS) is 1. The third kappa shape index (κ3) is 3.13. The molecule has 4 N–H and O–H groups in total. The molecular weight excluding hydrogens is 274 g/mol. The number of hydrogen-bond acceptors (Lipinski definition) is 3. The van der Waals surface area contributed by atoms with Crippen molar-refractivity contribution in [2.45, 2.75) is 13.3 Å². The molecule has 3 amide bonds. The van der Waals surface area contributed by atoms with Gasteiger partial charge in [-0.3, -0.25) is 4.79 Å². The topological polar surface area (TPSA) is 113 Å². The molecule has 1 aromatic rings. The van der Waals surface area contributed by atoms with Gasteiger partial charge in [-0.25, -0.2) is 9.59 Å². The first-order valence-electron chi connectivity index (χ1n) is 6.58. The van der Waals surface area contributed by atoms with Gasteiger partial charge in [0.1, 0.15) is 0 Å². The average Bonchev–Trinajstić information content (AvgIpc) is 2.90. The van der Waals surface area contributed by atoms with Crippen LogP contribution in [0.25, 0.3) is 0 Å². The van der Waals surface area contributed by atoms with E-state index < -0.39 is 11.9 Å². The van der Waals surface area contributed by atoms with Crippen LogP contribution >= 0.6 is 0 Å². The van der Waals surface area contributed by atoms with Crippen LogP contribution in [0, 0.1) is 12.8 Å². The summed E-state index contributed by atoms with van der Waals surface area (Å²) in [5, 5.41) is 11.7. The van der Waals surface area contributed by atoms with Gasteiger partial charge >= 0.3 is 12.0 Å². The molecule has 1 aromatic carbocycles. The van der Waals surface area contributed by atoms with Crippen molar-refractivity contribution >= 4 is 23.6 Å². The molecule has 7 nitrogen and oxygen atoms in total. The highest BCUT2D eigenvalue weighted by Crippen LogP contribution is 2.21. The molecule has 1 unspecified atom stereocenters. The zero-order valence-corrected chi connectivity index (χ0v) is 11.6. The lowest BCUT2D eigenvalue weighted by atomic mass is 10.1. The van der Waals surface area contributed by atoms with Crippen LogP contribution in [0.15, 0.2) is 18.2 Å². The number of nitrogens with two attached hydrogens (primary N) is 1. The maximum atomic E-state index is 12.1. The van der Waals surface area contributed by atoms with Gasteiger partial charge < -0.3 is 21.1 Å². The third-order valence-electron chi connectivity index (χ3n) is 3.68. The standard InChI is InChI=1S/C14H17N3O4/c1-8-10(13(19)20)3-2-4-11(8)16-14(21)17-6-5-9(7-17)12(15)18/h2-4,9H,5-7H2,1H3,(H2,15,18)(H,16,21)(H,19,20). The Hall–Kier alpha value is -2.57. The van der Waals surface area contributed by atoms with Gasteiger partial charge in [-0.05, 0) is 31.0 Å². The van der Waals surface area contributed by atoms with Crippen LogP contribution < -0.4 is 11.1 Å². The number of hydrogen-bond donors (Lipinski definition) is 3. The largest absolute Gasteiger partial charge is 0.478 e. The predicted octanol–water partition coefficient (Wildman–Crippen LogP) is 1.03. The molecular formula is C14H17N3O4. The molecule has 0 radical (unpaired) electrons. The first-order valence-corrected chi connectivity index (χ1v) is 6.58. The predicted molar refractivity (Wildman–Crippen MR) is 76.0 cm³/mol. The van der Waals surface area contributed by atoms with Crippen LogP contribution in [-0.2, 0) is 4.79 Å². The highest BCUT2D eigenvalue weighted by molar-refractivity contribution is 5.95. The van der Waals surface area contributed by atoms with Gasteiger partial charge in [-0.1, -0.05) is 6.07 Å². The second-order valence-electron chi connectivity index (χ2n) is 5.05. The summed E-state index contributed by atoms with van der Waals surface area (Å²) in [6, 6.07) is 4.33. The van der Waals surface area contributed by atoms with Crippen molar-refractivity contribution in [2.75, 3.05) is 18.4 Å². The van der Waals surface area contributed by atoms with E-state index in [9.17, 15) is 14.4 Å². The van der Waals surface area contributed by atoms with Crippen molar-refractivity contribution < 1.29 is 19.5 Å². The summed E-state index contributed by atoms with van der Waals surface area (Å²) in [6.07, 6.45) is 0.552. The fourth-order valence-electron chi connectivity index (χ4n) is 2.37. The zero-order chi connectivity index (χ0) is 15.6. The summed E-state index contributed by atoms with van der Waals surface area (Å²) in [5.41, 5.74) is 6.31. The van der Waals surface area contributed by atoms with Gasteiger partial charge in [-0.2, -0.15) is 0 Å². The van der Waals surface area contributed by atoms with Crippen LogP contribution in [0.1, 0.15) is 22.3 Å². The minimum Gasteiger partial charge on any atom is -0.478 e. The molecule has 1 aliphatic heterocycles. The Morgan fingerprint density at radius 1 is 1.38 bits per heavy atom. The number of carboxylic acids is 1. The molecule has 0 saturated carbocycles. The molecule has 0 aliphatic carbocycles. The Morgan fingerprint density at radius 3 is 2.67 bits per heavy atom. The summed E-state index contributed by atoms with van der Waals surface area (Å²) < 4.78 is 0. The van der Waals surface area contributed by atoms with Crippen molar-refractivity contribution in [3.63, 3.8) is 0 Å². The molecule has 7 heteroatoms. The van der Waals surface area contributed by atoms with E-state index in [0.29, 0.717) is 30.8 Å². The smallest absolute Gasteiger partial charge is 0.336 e. The molecule has 1 fully saturated rings. The van der Waals surface area contributed by atoms with E-state index in [4.69, 9.17) is 10.8 Å². The Morgan fingerprint density at radius 2 is 2.10 bits per heavy atom. The van der Waals surface area contributed by atoms with E-state index in [1.54, 1.807) is 19.1 Å². The lowest BCUT2D eigenvalue weighted by molar-refractivity contribution is -0.121. The second-order valence-corrected chi connectivity index (χ2v) is 5.05. The van der Waals surface area contributed by atoms with Gasteiger partial charge in [-0.15, -0.1) is 0 Å². The normalized spacial score (nSPS) is 17.6. The molecule has 0 bridgehead atoms. The number of carbonyl (C=O) groups is 3. The summed E-state index contributed by atoms with van der Waals surface area (Å²) >= 11 is 0. The number of nitrogens with one attached hydrogen (secondary N) is 1. The SMILES string of the molecule is Cc1c(NC(=O)N2CCC(C(N)=O)C2)cccc1C(=O)O. The van der Waals surface area contributed by atoms with Crippen molar-refractivity contribution in [1.82, 2.24) is 4.90 Å². The lowest BCUT2D eigenvalue weighted by Crippen LogP contribution is -2.35. The number of carbonyl (C=O) groups excluding carboxylic acids is 2. The maximum absolute atomic E-state index is 12.1. The fraction of sp³-hybridized carbons (Fsp3) is 0.357. The molecule has 0 aromatic heterocycles. The van der Waals surface area contributed by atoms with Gasteiger partial charge in [0, 0.05) is 18.8 Å². The lowest BCUT2D eigenvalue weighted by Gasteiger charge is -2.18. The average molecular weight is 291 g/mol. The number of primary amides is 1. The molecule has 1 atom stereocenters. The van der Waals surface area contributed by atoms with E-state index in [0.717, 1.165) is 0 Å². The van der Waals surface area contributed by atoms with E-state index >= 15 is 0 Å². The van der Waals surface area contributed by atoms with Crippen LogP contribution in [0.2, 0.25) is 0 Å². The van der Waals surface area contributed by atoms with E-state index in [2.05, 4.69) is 5.32 Å². The first kappa shape index (κ1) is 14.8. The number of nitrogens with zero attached hydrogens (tertiary/aromatic N) is 1. The summed E-state index contributed by atoms with van der Waals surface area (Å²) in [6.45, 7) is 2.38. The Bertz CT molecular complexity index is 600.